The van der Waals surface area contributed by atoms with E-state index in [9.17, 15) is 0 Å². The molecule has 1 aliphatic heterocycles. The van der Waals surface area contributed by atoms with Crippen LogP contribution in [0, 0.1) is 0 Å². The predicted octanol–water partition coefficient (Wildman–Crippen LogP) is 1.92. The van der Waals surface area contributed by atoms with Crippen LogP contribution in [0.25, 0.3) is 11.0 Å². The van der Waals surface area contributed by atoms with Crippen molar-refractivity contribution in [3.05, 3.63) is 17.2 Å². The molecule has 20 heavy (non-hydrogen) atoms. The Morgan fingerprint density at radius 3 is 2.30 bits per heavy atom. The van der Waals surface area contributed by atoms with Crippen molar-refractivity contribution < 1.29 is 9.31 Å². The summed E-state index contributed by atoms with van der Waals surface area (Å²) in [6, 6.07) is 3.77. The highest BCUT2D eigenvalue weighted by Gasteiger charge is 2.52. The molecular formula is C13H17BClN3O2. The van der Waals surface area contributed by atoms with Gasteiger partial charge in [0, 0.05) is 12.5 Å². The smallest absolute Gasteiger partial charge is 0.399 e. The summed E-state index contributed by atoms with van der Waals surface area (Å²) in [5, 5.41) is 9.05. The van der Waals surface area contributed by atoms with Crippen molar-refractivity contribution in [2.45, 2.75) is 38.9 Å². The number of aromatic nitrogens is 3. The molecule has 1 aromatic heterocycles. The van der Waals surface area contributed by atoms with E-state index in [0.29, 0.717) is 10.5 Å². The van der Waals surface area contributed by atoms with Crippen molar-refractivity contribution in [3.8, 4) is 0 Å². The van der Waals surface area contributed by atoms with Crippen molar-refractivity contribution in [2.24, 2.45) is 7.05 Å². The van der Waals surface area contributed by atoms with E-state index in [1.807, 2.05) is 39.8 Å². The molecular weight excluding hydrogens is 276 g/mol. The van der Waals surface area contributed by atoms with Crippen LogP contribution in [-0.4, -0.2) is 33.3 Å². The van der Waals surface area contributed by atoms with Gasteiger partial charge in [-0.2, -0.15) is 15.0 Å². The quantitative estimate of drug-likeness (QED) is 0.754. The minimum Gasteiger partial charge on any atom is -0.399 e. The van der Waals surface area contributed by atoms with E-state index in [-0.39, 0.29) is 0 Å². The topological polar surface area (TPSA) is 49.2 Å². The van der Waals surface area contributed by atoms with Crippen molar-refractivity contribution >= 4 is 35.2 Å². The highest BCUT2D eigenvalue weighted by Crippen LogP contribution is 2.37. The van der Waals surface area contributed by atoms with Gasteiger partial charge in [-0.1, -0.05) is 17.7 Å². The van der Waals surface area contributed by atoms with E-state index in [2.05, 4.69) is 10.2 Å². The normalized spacial score (nSPS) is 20.8. The first-order valence-electron chi connectivity index (χ1n) is 6.56. The van der Waals surface area contributed by atoms with Crippen LogP contribution in [-0.2, 0) is 16.4 Å². The number of rotatable bonds is 1. The van der Waals surface area contributed by atoms with Crippen LogP contribution in [0.1, 0.15) is 27.7 Å². The Morgan fingerprint density at radius 2 is 1.70 bits per heavy atom. The van der Waals surface area contributed by atoms with Gasteiger partial charge in [0.2, 0.25) is 0 Å². The van der Waals surface area contributed by atoms with Gasteiger partial charge in [-0.15, -0.1) is 0 Å². The van der Waals surface area contributed by atoms with Gasteiger partial charge in [-0.25, -0.2) is 0 Å². The molecule has 0 N–H and O–H groups in total. The second kappa shape index (κ2) is 4.19. The second-order valence-electron chi connectivity index (χ2n) is 6.11. The summed E-state index contributed by atoms with van der Waals surface area (Å²) in [5.41, 5.74) is 1.44. The third kappa shape index (κ3) is 1.94. The fourth-order valence-corrected chi connectivity index (χ4v) is 2.51. The Balaban J connectivity index is 2.06. The van der Waals surface area contributed by atoms with Crippen LogP contribution >= 0.6 is 11.6 Å². The predicted molar refractivity (Wildman–Crippen MR) is 79.2 cm³/mol. The maximum absolute atomic E-state index is 6.45. The van der Waals surface area contributed by atoms with Crippen molar-refractivity contribution in [1.29, 1.82) is 0 Å². The van der Waals surface area contributed by atoms with E-state index >= 15 is 0 Å². The fraction of sp³-hybridized carbons (Fsp3) is 0.538. The van der Waals surface area contributed by atoms with E-state index in [1.165, 1.54) is 4.80 Å². The van der Waals surface area contributed by atoms with Crippen LogP contribution in [0.3, 0.4) is 0 Å². The Morgan fingerprint density at radius 1 is 1.10 bits per heavy atom. The molecule has 0 atom stereocenters. The fourth-order valence-electron chi connectivity index (χ4n) is 2.22. The number of aryl methyl sites for hydroxylation is 1. The van der Waals surface area contributed by atoms with E-state index in [1.54, 1.807) is 7.05 Å². The summed E-state index contributed by atoms with van der Waals surface area (Å²) >= 11 is 6.45. The molecule has 7 heteroatoms. The largest absolute Gasteiger partial charge is 0.496 e. The number of nitrogens with zero attached hydrogens (tertiary/aromatic N) is 3. The maximum Gasteiger partial charge on any atom is 0.496 e. The van der Waals surface area contributed by atoms with Gasteiger partial charge in [0.15, 0.2) is 0 Å². The molecule has 106 valence electrons. The van der Waals surface area contributed by atoms with Crippen LogP contribution in [0.15, 0.2) is 12.1 Å². The number of fused-ring (bicyclic) bond motifs is 1. The molecule has 0 spiro atoms. The van der Waals surface area contributed by atoms with Crippen LogP contribution in [0.4, 0.5) is 0 Å². The monoisotopic (exact) mass is 293 g/mol. The average Bonchev–Trinajstić information content (AvgIpc) is 2.78. The van der Waals surface area contributed by atoms with Crippen LogP contribution in [0.2, 0.25) is 5.02 Å². The first kappa shape index (κ1) is 13.9. The van der Waals surface area contributed by atoms with Gasteiger partial charge < -0.3 is 9.31 Å². The third-order valence-corrected chi connectivity index (χ3v) is 4.53. The molecule has 0 radical (unpaired) electrons. The van der Waals surface area contributed by atoms with Crippen LogP contribution in [0.5, 0.6) is 0 Å². The minimum atomic E-state index is -0.487. The Hall–Kier alpha value is -1.11. The average molecular weight is 294 g/mol. The highest BCUT2D eigenvalue weighted by molar-refractivity contribution is 6.66. The molecule has 1 aliphatic rings. The zero-order chi connectivity index (χ0) is 14.7. The SMILES string of the molecule is Cn1nc2ccc(B3OC(C)(C)C(C)(C)O3)c(Cl)c2n1. The molecule has 0 amide bonds. The Kier molecular flexibility index (Phi) is 2.91. The lowest BCUT2D eigenvalue weighted by Gasteiger charge is -2.32. The second-order valence-corrected chi connectivity index (χ2v) is 6.49. The molecule has 0 unspecified atom stereocenters. The number of hydrogen-bond acceptors (Lipinski definition) is 4. The van der Waals surface area contributed by atoms with Gasteiger partial charge in [0.05, 0.1) is 16.2 Å². The van der Waals surface area contributed by atoms with Crippen molar-refractivity contribution in [3.63, 3.8) is 0 Å². The summed E-state index contributed by atoms with van der Waals surface area (Å²) in [6.07, 6.45) is 0. The number of benzene rings is 1. The van der Waals surface area contributed by atoms with Crippen LogP contribution < -0.4 is 5.46 Å². The van der Waals surface area contributed by atoms with E-state index in [4.69, 9.17) is 20.9 Å². The first-order chi connectivity index (χ1) is 9.21. The van der Waals surface area contributed by atoms with Crippen molar-refractivity contribution in [1.82, 2.24) is 15.0 Å². The lowest BCUT2D eigenvalue weighted by molar-refractivity contribution is 0.00578. The third-order valence-electron chi connectivity index (χ3n) is 4.13. The van der Waals surface area contributed by atoms with Gasteiger partial charge in [-0.3, -0.25) is 0 Å². The van der Waals surface area contributed by atoms with Gasteiger partial charge in [-0.05, 0) is 33.8 Å². The molecule has 0 bridgehead atoms. The highest BCUT2D eigenvalue weighted by atomic mass is 35.5. The maximum atomic E-state index is 6.45. The molecule has 2 aromatic rings. The molecule has 2 heterocycles. The molecule has 3 rings (SSSR count). The first-order valence-corrected chi connectivity index (χ1v) is 6.94. The zero-order valence-corrected chi connectivity index (χ0v) is 13.0. The molecule has 1 fully saturated rings. The number of halogens is 1. The van der Waals surface area contributed by atoms with E-state index in [0.717, 1.165) is 11.0 Å². The molecule has 0 aliphatic carbocycles. The van der Waals surface area contributed by atoms with Gasteiger partial charge in [0.1, 0.15) is 11.0 Å². The standard InChI is InChI=1S/C13H17BClN3O2/c1-12(2)13(3,4)20-14(19-12)8-6-7-9-11(10(8)15)17-18(5)16-9/h6-7H,1-5H3. The summed E-state index contributed by atoms with van der Waals surface area (Å²) in [5.74, 6) is 0. The summed E-state index contributed by atoms with van der Waals surface area (Å²) in [6.45, 7) is 8.06. The Labute approximate surface area is 123 Å². The number of hydrogen-bond donors (Lipinski definition) is 0. The lowest BCUT2D eigenvalue weighted by Crippen LogP contribution is -2.41. The minimum absolute atomic E-state index is 0.391. The van der Waals surface area contributed by atoms with Gasteiger partial charge >= 0.3 is 7.12 Å². The Bertz CT molecular complexity index is 668. The summed E-state index contributed by atoms with van der Waals surface area (Å²) in [4.78, 5) is 1.50. The molecule has 1 aromatic carbocycles. The summed E-state index contributed by atoms with van der Waals surface area (Å²) < 4.78 is 12.0. The zero-order valence-electron chi connectivity index (χ0n) is 12.3. The van der Waals surface area contributed by atoms with E-state index < -0.39 is 18.3 Å². The van der Waals surface area contributed by atoms with Crippen molar-refractivity contribution in [2.75, 3.05) is 0 Å². The van der Waals surface area contributed by atoms with Gasteiger partial charge in [0.25, 0.3) is 0 Å². The molecule has 5 nitrogen and oxygen atoms in total. The molecule has 1 saturated heterocycles. The lowest BCUT2D eigenvalue weighted by atomic mass is 9.79. The molecule has 0 saturated carbocycles. The summed E-state index contributed by atoms with van der Waals surface area (Å²) in [7, 11) is 1.28.